The third kappa shape index (κ3) is 1.72. The Kier molecular flexibility index (Phi) is 2.41. The lowest BCUT2D eigenvalue weighted by atomic mass is 10.2. The van der Waals surface area contributed by atoms with Gasteiger partial charge in [-0.25, -0.2) is 0 Å². The molecule has 1 heterocycles. The van der Waals surface area contributed by atoms with Gasteiger partial charge in [0.1, 0.15) is 12.4 Å². The predicted octanol–water partition coefficient (Wildman–Crippen LogP) is 1.74. The molecule has 1 aromatic carbocycles. The fraction of sp³-hybridized carbons (Fsp3) is 0.182. The van der Waals surface area contributed by atoms with Gasteiger partial charge in [0.05, 0.1) is 6.10 Å². The number of aliphatic hydroxyl groups is 1. The maximum absolute atomic E-state index is 8.98. The average Bonchev–Trinajstić information content (AvgIpc) is 2.58. The Labute approximate surface area is 82.3 Å². The first kappa shape index (κ1) is 9.09. The SMILES string of the molecule is [CH2]C(O)COc1c[nH]c2ccccc12. The molecule has 1 aromatic heterocycles. The molecule has 0 fully saturated rings. The van der Waals surface area contributed by atoms with Crippen molar-refractivity contribution in [3.05, 3.63) is 37.4 Å². The van der Waals surface area contributed by atoms with Crippen LogP contribution in [0.5, 0.6) is 5.75 Å². The van der Waals surface area contributed by atoms with Crippen LogP contribution in [0, 0.1) is 6.92 Å². The zero-order valence-electron chi connectivity index (χ0n) is 7.73. The van der Waals surface area contributed by atoms with Gasteiger partial charge in [-0.1, -0.05) is 12.1 Å². The van der Waals surface area contributed by atoms with E-state index in [0.717, 1.165) is 16.7 Å². The normalized spacial score (nSPS) is 13.0. The van der Waals surface area contributed by atoms with E-state index in [1.165, 1.54) is 0 Å². The highest BCUT2D eigenvalue weighted by Gasteiger charge is 2.04. The summed E-state index contributed by atoms with van der Waals surface area (Å²) in [6, 6.07) is 7.85. The van der Waals surface area contributed by atoms with Gasteiger partial charge in [0.25, 0.3) is 0 Å². The molecular weight excluding hydrogens is 178 g/mol. The first-order valence-electron chi connectivity index (χ1n) is 4.47. The Balaban J connectivity index is 2.25. The molecule has 1 radical (unpaired) electrons. The van der Waals surface area contributed by atoms with Gasteiger partial charge in [0.15, 0.2) is 0 Å². The van der Waals surface area contributed by atoms with Crippen LogP contribution in [0.4, 0.5) is 0 Å². The molecule has 73 valence electrons. The van der Waals surface area contributed by atoms with E-state index in [1.807, 2.05) is 24.3 Å². The quantitative estimate of drug-likeness (QED) is 0.774. The van der Waals surface area contributed by atoms with Gasteiger partial charge < -0.3 is 14.8 Å². The first-order valence-corrected chi connectivity index (χ1v) is 4.47. The molecule has 14 heavy (non-hydrogen) atoms. The largest absolute Gasteiger partial charge is 0.489 e. The van der Waals surface area contributed by atoms with Crippen molar-refractivity contribution in [1.82, 2.24) is 4.98 Å². The number of hydrogen-bond acceptors (Lipinski definition) is 2. The fourth-order valence-corrected chi connectivity index (χ4v) is 1.35. The highest BCUT2D eigenvalue weighted by Crippen LogP contribution is 2.24. The van der Waals surface area contributed by atoms with Crippen molar-refractivity contribution in [1.29, 1.82) is 0 Å². The van der Waals surface area contributed by atoms with Gasteiger partial charge in [0.2, 0.25) is 0 Å². The number of aliphatic hydroxyl groups excluding tert-OH is 1. The second kappa shape index (κ2) is 3.72. The van der Waals surface area contributed by atoms with Gasteiger partial charge in [-0.3, -0.25) is 0 Å². The van der Waals surface area contributed by atoms with Gasteiger partial charge >= 0.3 is 0 Å². The highest BCUT2D eigenvalue weighted by molar-refractivity contribution is 5.85. The molecule has 0 aliphatic heterocycles. The number of para-hydroxylation sites is 1. The number of aromatic nitrogens is 1. The molecule has 3 nitrogen and oxygen atoms in total. The number of H-pyrrole nitrogens is 1. The van der Waals surface area contributed by atoms with E-state index in [2.05, 4.69) is 11.9 Å². The zero-order chi connectivity index (χ0) is 9.97. The Morgan fingerprint density at radius 3 is 3.00 bits per heavy atom. The maximum atomic E-state index is 8.98. The lowest BCUT2D eigenvalue weighted by Crippen LogP contribution is -2.12. The van der Waals surface area contributed by atoms with Gasteiger partial charge in [0, 0.05) is 17.1 Å². The van der Waals surface area contributed by atoms with Crippen molar-refractivity contribution in [2.75, 3.05) is 6.61 Å². The molecule has 3 heteroatoms. The molecule has 0 saturated heterocycles. The van der Waals surface area contributed by atoms with Crippen molar-refractivity contribution in [3.8, 4) is 5.75 Å². The van der Waals surface area contributed by atoms with E-state index >= 15 is 0 Å². The van der Waals surface area contributed by atoms with Crippen molar-refractivity contribution in [2.24, 2.45) is 0 Å². The number of aromatic amines is 1. The fourth-order valence-electron chi connectivity index (χ4n) is 1.35. The van der Waals surface area contributed by atoms with Crippen LogP contribution in [-0.4, -0.2) is 22.8 Å². The van der Waals surface area contributed by atoms with Crippen molar-refractivity contribution < 1.29 is 9.84 Å². The van der Waals surface area contributed by atoms with Crippen LogP contribution in [0.25, 0.3) is 10.9 Å². The minimum atomic E-state index is -0.691. The van der Waals surface area contributed by atoms with Crippen LogP contribution in [-0.2, 0) is 0 Å². The van der Waals surface area contributed by atoms with E-state index in [0.29, 0.717) is 0 Å². The lowest BCUT2D eigenvalue weighted by molar-refractivity contribution is 0.143. The molecular formula is C11H12NO2. The number of nitrogens with one attached hydrogen (secondary N) is 1. The van der Waals surface area contributed by atoms with E-state index < -0.39 is 6.10 Å². The number of ether oxygens (including phenoxy) is 1. The predicted molar refractivity (Wildman–Crippen MR) is 55.2 cm³/mol. The minimum absolute atomic E-state index is 0.210. The van der Waals surface area contributed by atoms with Gasteiger partial charge in [-0.15, -0.1) is 0 Å². The Morgan fingerprint density at radius 2 is 2.21 bits per heavy atom. The number of benzene rings is 1. The molecule has 0 aliphatic carbocycles. The van der Waals surface area contributed by atoms with Crippen LogP contribution in [0.15, 0.2) is 30.5 Å². The summed E-state index contributed by atoms with van der Waals surface area (Å²) in [4.78, 5) is 3.08. The molecule has 2 N–H and O–H groups in total. The van der Waals surface area contributed by atoms with Crippen molar-refractivity contribution in [2.45, 2.75) is 6.10 Å². The molecule has 0 spiro atoms. The summed E-state index contributed by atoms with van der Waals surface area (Å²) in [5, 5.41) is 10.00. The monoisotopic (exact) mass is 190 g/mol. The smallest absolute Gasteiger partial charge is 0.144 e. The summed E-state index contributed by atoms with van der Waals surface area (Å²) >= 11 is 0. The van der Waals surface area contributed by atoms with Crippen molar-refractivity contribution >= 4 is 10.9 Å². The summed E-state index contributed by atoms with van der Waals surface area (Å²) in [5.41, 5.74) is 1.03. The maximum Gasteiger partial charge on any atom is 0.144 e. The molecule has 0 bridgehead atoms. The number of fused-ring (bicyclic) bond motifs is 1. The van der Waals surface area contributed by atoms with Crippen LogP contribution >= 0.6 is 0 Å². The van der Waals surface area contributed by atoms with Gasteiger partial charge in [-0.2, -0.15) is 0 Å². The van der Waals surface area contributed by atoms with Crippen molar-refractivity contribution in [3.63, 3.8) is 0 Å². The second-order valence-electron chi connectivity index (χ2n) is 3.16. The van der Waals surface area contributed by atoms with Crippen LogP contribution in [0.2, 0.25) is 0 Å². The minimum Gasteiger partial charge on any atom is -0.489 e. The molecule has 0 amide bonds. The summed E-state index contributed by atoms with van der Waals surface area (Å²) in [7, 11) is 0. The summed E-state index contributed by atoms with van der Waals surface area (Å²) in [6.45, 7) is 3.65. The lowest BCUT2D eigenvalue weighted by Gasteiger charge is -2.05. The van der Waals surface area contributed by atoms with Gasteiger partial charge in [-0.05, 0) is 19.1 Å². The summed E-state index contributed by atoms with van der Waals surface area (Å²) in [6.07, 6.45) is 1.09. The van der Waals surface area contributed by atoms with E-state index in [-0.39, 0.29) is 6.61 Å². The summed E-state index contributed by atoms with van der Waals surface area (Å²) < 4.78 is 5.38. The van der Waals surface area contributed by atoms with Crippen LogP contribution in [0.3, 0.4) is 0 Å². The van der Waals surface area contributed by atoms with E-state index in [4.69, 9.17) is 9.84 Å². The molecule has 0 aliphatic rings. The Hall–Kier alpha value is -1.48. The topological polar surface area (TPSA) is 45.2 Å². The van der Waals surface area contributed by atoms with Crippen LogP contribution in [0.1, 0.15) is 0 Å². The molecule has 2 rings (SSSR count). The standard InChI is InChI=1S/C11H12NO2/c1-8(13)7-14-11-6-12-10-5-3-2-4-9(10)11/h2-6,8,12-13H,1,7H2. The summed E-state index contributed by atoms with van der Waals surface area (Å²) in [5.74, 6) is 0.753. The highest BCUT2D eigenvalue weighted by atomic mass is 16.5. The third-order valence-electron chi connectivity index (χ3n) is 1.98. The third-order valence-corrected chi connectivity index (χ3v) is 1.98. The first-order chi connectivity index (χ1) is 6.77. The Morgan fingerprint density at radius 1 is 1.43 bits per heavy atom. The molecule has 1 atom stereocenters. The number of rotatable bonds is 3. The molecule has 0 saturated carbocycles. The average molecular weight is 190 g/mol. The molecule has 2 aromatic rings. The molecule has 1 unspecified atom stereocenters. The second-order valence-corrected chi connectivity index (χ2v) is 3.16. The van der Waals surface area contributed by atoms with E-state index in [1.54, 1.807) is 6.20 Å². The Bertz CT molecular complexity index is 420. The number of hydrogen-bond donors (Lipinski definition) is 2. The zero-order valence-corrected chi connectivity index (χ0v) is 7.73. The van der Waals surface area contributed by atoms with Crippen LogP contribution < -0.4 is 4.74 Å². The van der Waals surface area contributed by atoms with E-state index in [9.17, 15) is 0 Å².